The van der Waals surface area contributed by atoms with Gasteiger partial charge in [-0.05, 0) is 32.8 Å². The van der Waals surface area contributed by atoms with E-state index in [2.05, 4.69) is 15.0 Å². The van der Waals surface area contributed by atoms with E-state index < -0.39 is 85.6 Å². The summed E-state index contributed by atoms with van der Waals surface area (Å²) in [6.07, 6.45) is 0.970. The number of oxime groups is 1. The van der Waals surface area contributed by atoms with Crippen LogP contribution in [0.15, 0.2) is 34.3 Å². The maximum atomic E-state index is 14.2. The molecule has 18 heteroatoms. The quantitative estimate of drug-likeness (QED) is 0.215. The highest BCUT2D eigenvalue weighted by Crippen LogP contribution is 2.46. The van der Waals surface area contributed by atoms with Crippen LogP contribution in [0.5, 0.6) is 5.75 Å². The summed E-state index contributed by atoms with van der Waals surface area (Å²) in [7, 11) is -4.86. The second kappa shape index (κ2) is 12.3. The lowest BCUT2D eigenvalue weighted by Crippen LogP contribution is -2.52. The average Bonchev–Trinajstić information content (AvgIpc) is 3.29. The molecule has 1 saturated heterocycles. The Balaban J connectivity index is 1.55. The summed E-state index contributed by atoms with van der Waals surface area (Å²) in [5.74, 6) is -4.28. The van der Waals surface area contributed by atoms with Crippen molar-refractivity contribution in [2.75, 3.05) is 19.8 Å². The second-order valence-corrected chi connectivity index (χ2v) is 12.2. The van der Waals surface area contributed by atoms with E-state index in [4.69, 9.17) is 24.1 Å². The first-order valence-electron chi connectivity index (χ1n) is 13.8. The van der Waals surface area contributed by atoms with Gasteiger partial charge in [0.25, 0.3) is 11.8 Å². The molecule has 1 aromatic heterocycles. The molecule has 1 fully saturated rings. The van der Waals surface area contributed by atoms with Crippen molar-refractivity contribution in [3.05, 3.63) is 63.1 Å². The lowest BCUT2D eigenvalue weighted by atomic mass is 9.84. The predicted octanol–water partition coefficient (Wildman–Crippen LogP) is 2.40. The minimum atomic E-state index is -4.86. The number of benzene rings is 1. The molecule has 3 atom stereocenters. The number of rotatable bonds is 8. The Bertz CT molecular complexity index is 1690. The maximum absolute atomic E-state index is 14.2. The van der Waals surface area contributed by atoms with E-state index in [9.17, 15) is 32.5 Å². The van der Waals surface area contributed by atoms with E-state index in [-0.39, 0.29) is 23.8 Å². The molecule has 2 bridgehead atoms. The number of carbonyl (C=O) groups excluding carboxylic acids is 3. The minimum absolute atomic E-state index is 0.0742. The van der Waals surface area contributed by atoms with Gasteiger partial charge in [-0.2, -0.15) is 0 Å². The summed E-state index contributed by atoms with van der Waals surface area (Å²) in [4.78, 5) is 78.6. The number of nitrogens with one attached hydrogen (secondary N) is 1. The molecule has 3 aliphatic rings. The third-order valence-corrected chi connectivity index (χ3v) is 8.39. The van der Waals surface area contributed by atoms with Crippen LogP contribution in [-0.4, -0.2) is 74.3 Å². The number of ether oxygens (including phenoxy) is 2. The molecule has 3 N–H and O–H groups in total. The van der Waals surface area contributed by atoms with Crippen LogP contribution < -0.4 is 15.5 Å². The molecule has 2 aromatic rings. The van der Waals surface area contributed by atoms with Gasteiger partial charge in [-0.25, -0.2) is 18.1 Å². The smallest absolute Gasteiger partial charge is 0.432 e. The summed E-state index contributed by atoms with van der Waals surface area (Å²) in [5.41, 5.74) is -2.46. The van der Waals surface area contributed by atoms with Crippen molar-refractivity contribution in [1.29, 1.82) is 0 Å². The number of halogens is 2. The first kappa shape index (κ1) is 32.2. The summed E-state index contributed by atoms with van der Waals surface area (Å²) >= 11 is 0. The van der Waals surface area contributed by atoms with Crippen LogP contribution in [0, 0.1) is 11.6 Å². The molecule has 45 heavy (non-hydrogen) atoms. The van der Waals surface area contributed by atoms with Crippen molar-refractivity contribution >= 4 is 31.5 Å². The van der Waals surface area contributed by atoms with Crippen molar-refractivity contribution in [2.24, 2.45) is 5.16 Å². The zero-order valence-corrected chi connectivity index (χ0v) is 24.9. The van der Waals surface area contributed by atoms with Gasteiger partial charge in [-0.3, -0.25) is 18.9 Å². The second-order valence-electron chi connectivity index (χ2n) is 10.9. The molecule has 2 amide bonds. The number of phosphoric acid groups is 1. The number of pyridine rings is 1. The number of hydrogen-bond donors (Lipinski definition) is 3. The van der Waals surface area contributed by atoms with Crippen molar-refractivity contribution in [3.63, 3.8) is 0 Å². The van der Waals surface area contributed by atoms with Gasteiger partial charge in [0.1, 0.15) is 23.8 Å². The van der Waals surface area contributed by atoms with Gasteiger partial charge in [-0.15, -0.1) is 0 Å². The first-order chi connectivity index (χ1) is 21.2. The zero-order chi connectivity index (χ0) is 32.7. The molecule has 15 nitrogen and oxygen atoms in total. The highest BCUT2D eigenvalue weighted by atomic mass is 31.2. The van der Waals surface area contributed by atoms with Gasteiger partial charge >= 0.3 is 14.0 Å². The summed E-state index contributed by atoms with van der Waals surface area (Å²) < 4.78 is 54.0. The average molecular weight is 655 g/mol. The summed E-state index contributed by atoms with van der Waals surface area (Å²) in [6.45, 7) is 1.86. The van der Waals surface area contributed by atoms with Crippen LogP contribution in [0.2, 0.25) is 0 Å². The van der Waals surface area contributed by atoms with Crippen LogP contribution in [-0.2, 0) is 25.2 Å². The van der Waals surface area contributed by atoms with Crippen molar-refractivity contribution in [2.45, 2.75) is 57.3 Å². The number of fused-ring (bicyclic) bond motifs is 5. The fraction of sp³-hybridized carbons (Fsp3) is 0.444. The molecule has 0 saturated carbocycles. The van der Waals surface area contributed by atoms with Crippen molar-refractivity contribution < 1.29 is 56.4 Å². The highest BCUT2D eigenvalue weighted by molar-refractivity contribution is 7.46. The fourth-order valence-corrected chi connectivity index (χ4v) is 6.01. The lowest BCUT2D eigenvalue weighted by Gasteiger charge is -2.42. The molecule has 1 spiro atoms. The molecule has 5 rings (SSSR count). The number of hydrogen-bond acceptors (Lipinski definition) is 10. The van der Waals surface area contributed by atoms with Gasteiger partial charge in [0.2, 0.25) is 11.2 Å². The Labute approximate surface area is 253 Å². The minimum Gasteiger partial charge on any atom is -0.432 e. The van der Waals surface area contributed by atoms with Gasteiger partial charge in [0.05, 0.1) is 18.4 Å². The monoisotopic (exact) mass is 654 g/mol. The SMILES string of the molecule is CC1=NO[C@@]2(CC[C@H](C)N3C[C@H]2n2cc(C(=O)NCc4ccc(F)cc4F)c(=O)c(OC(=O)OCCOP(=O)(O)O)c2C3=O)C1. The van der Waals surface area contributed by atoms with E-state index in [1.807, 2.05) is 6.92 Å². The van der Waals surface area contributed by atoms with Crippen LogP contribution in [0.4, 0.5) is 13.6 Å². The number of nitrogens with zero attached hydrogens (tertiary/aromatic N) is 3. The Morgan fingerprint density at radius 3 is 2.67 bits per heavy atom. The standard InChI is InChI=1S/C27H29F2N4O11P/c1-14-10-27(44-31-14)6-5-15(2)32-13-20(27)33-12-18(24(35)30-11-16-3-4-17(28)9-19(16)29)22(34)23(21(33)25(32)36)43-26(37)41-7-8-42-45(38,39)40/h3-4,9,12,15,20H,5-8,10-11,13H2,1-2H3,(H,30,35)(H2,38,39,40)/t15-,20+,27-/m0/s1. The zero-order valence-electron chi connectivity index (χ0n) is 24.0. The van der Waals surface area contributed by atoms with E-state index in [1.165, 1.54) is 9.47 Å². The van der Waals surface area contributed by atoms with Crippen LogP contribution >= 0.6 is 7.82 Å². The largest absolute Gasteiger partial charge is 0.514 e. The topological polar surface area (TPSA) is 195 Å². The third kappa shape index (κ3) is 6.61. The molecule has 3 aliphatic heterocycles. The normalized spacial score (nSPS) is 22.3. The number of phosphoric ester groups is 1. The van der Waals surface area contributed by atoms with Gasteiger partial charge in [-0.1, -0.05) is 11.2 Å². The van der Waals surface area contributed by atoms with E-state index in [0.717, 1.165) is 18.3 Å². The molecular weight excluding hydrogens is 625 g/mol. The van der Waals surface area contributed by atoms with Crippen LogP contribution in [0.25, 0.3) is 0 Å². The van der Waals surface area contributed by atoms with Gasteiger partial charge < -0.3 is 38.9 Å². The van der Waals surface area contributed by atoms with E-state index in [1.54, 1.807) is 6.92 Å². The fourth-order valence-electron chi connectivity index (χ4n) is 5.70. The number of carbonyl (C=O) groups is 3. The third-order valence-electron chi connectivity index (χ3n) is 7.87. The molecule has 0 unspecified atom stereocenters. The Kier molecular flexibility index (Phi) is 8.81. The first-order valence-corrected chi connectivity index (χ1v) is 15.3. The van der Waals surface area contributed by atoms with Crippen LogP contribution in [0.1, 0.15) is 65.6 Å². The number of amides is 2. The Hall–Kier alpha value is -4.18. The molecule has 0 radical (unpaired) electrons. The molecule has 4 heterocycles. The highest BCUT2D eigenvalue weighted by Gasteiger charge is 2.54. The summed E-state index contributed by atoms with van der Waals surface area (Å²) in [6, 6.07) is 1.73. The van der Waals surface area contributed by atoms with Crippen LogP contribution in [0.3, 0.4) is 0 Å². The van der Waals surface area contributed by atoms with Crippen molar-refractivity contribution in [1.82, 2.24) is 14.8 Å². The van der Waals surface area contributed by atoms with Gasteiger partial charge in [0, 0.05) is 43.4 Å². The van der Waals surface area contributed by atoms with E-state index in [0.29, 0.717) is 31.0 Å². The van der Waals surface area contributed by atoms with E-state index >= 15 is 0 Å². The van der Waals surface area contributed by atoms with Crippen molar-refractivity contribution in [3.8, 4) is 5.75 Å². The summed E-state index contributed by atoms with van der Waals surface area (Å²) in [5, 5.41) is 6.51. The molecule has 242 valence electrons. The Morgan fingerprint density at radius 2 is 2.00 bits per heavy atom. The predicted molar refractivity (Wildman–Crippen MR) is 149 cm³/mol. The lowest BCUT2D eigenvalue weighted by molar-refractivity contribution is -0.0655. The maximum Gasteiger partial charge on any atom is 0.514 e. The molecule has 1 aromatic carbocycles. The molecular formula is C27H29F2N4O11P. The van der Waals surface area contributed by atoms with Gasteiger partial charge in [0.15, 0.2) is 11.3 Å². The Morgan fingerprint density at radius 1 is 1.24 bits per heavy atom. The molecule has 0 aliphatic carbocycles. The number of aromatic nitrogens is 1.